The molecule has 0 aromatic rings. The van der Waals surface area contributed by atoms with Gasteiger partial charge in [-0.05, 0) is 0 Å². The summed E-state index contributed by atoms with van der Waals surface area (Å²) < 4.78 is 114. The van der Waals surface area contributed by atoms with Crippen molar-refractivity contribution in [2.45, 2.75) is 353 Å². The fourth-order valence-corrected chi connectivity index (χ4v) is 17.1. The van der Waals surface area contributed by atoms with E-state index in [9.17, 15) is 177 Å². The Morgan fingerprint density at radius 2 is 0.636 bits per heavy atom. The molecular formula is C73H121N5O54. The molecule has 0 aromatic heterocycles. The van der Waals surface area contributed by atoms with Crippen LogP contribution in [0.15, 0.2) is 0 Å². The minimum absolute atomic E-state index is 0.831. The minimum atomic E-state index is -3.35. The fraction of sp³-hybridized carbons (Fsp3) is 0.918. The second kappa shape index (κ2) is 47.3. The first-order valence-corrected chi connectivity index (χ1v) is 41.8. The van der Waals surface area contributed by atoms with E-state index >= 15 is 0 Å². The molecule has 762 valence electrons. The highest BCUT2D eigenvalue weighted by Gasteiger charge is 2.65. The van der Waals surface area contributed by atoms with Gasteiger partial charge in [0.25, 0.3) is 5.79 Å². The van der Waals surface area contributed by atoms with Crippen molar-refractivity contribution in [3.05, 3.63) is 0 Å². The van der Waals surface area contributed by atoms with E-state index in [0.29, 0.717) is 0 Å². The van der Waals surface area contributed by atoms with Gasteiger partial charge in [0.2, 0.25) is 29.5 Å². The average molecular weight is 1930 g/mol. The van der Waals surface area contributed by atoms with Crippen LogP contribution in [0.4, 0.5) is 0 Å². The Kier molecular flexibility index (Phi) is 39.0. The molecule has 10 aliphatic rings. The summed E-state index contributed by atoms with van der Waals surface area (Å²) in [6, 6.07) is -9.80. The van der Waals surface area contributed by atoms with Crippen LogP contribution in [-0.2, 0) is 119 Å². The molecule has 5 amide bonds. The summed E-state index contributed by atoms with van der Waals surface area (Å²) in [5, 5.41) is 338. The van der Waals surface area contributed by atoms with E-state index in [1.165, 1.54) is 0 Å². The van der Waals surface area contributed by atoms with Crippen molar-refractivity contribution >= 4 is 35.5 Å². The van der Waals surface area contributed by atoms with Crippen LogP contribution in [0.2, 0.25) is 0 Å². The van der Waals surface area contributed by atoms with Crippen LogP contribution in [0.25, 0.3) is 0 Å². The van der Waals surface area contributed by atoms with E-state index in [0.717, 1.165) is 34.6 Å². The minimum Gasteiger partial charge on any atom is -0.477 e. The smallest absolute Gasteiger partial charge is 0.364 e. The maximum Gasteiger partial charge on any atom is 0.364 e. The largest absolute Gasteiger partial charge is 0.477 e. The van der Waals surface area contributed by atoms with Crippen molar-refractivity contribution in [2.24, 2.45) is 0 Å². The van der Waals surface area contributed by atoms with Gasteiger partial charge < -0.3 is 265 Å². The average Bonchev–Trinajstić information content (AvgIpc) is 0.759. The third kappa shape index (κ3) is 24.0. The molecule has 0 bridgehead atoms. The Hall–Kier alpha value is -5.06. The maximum absolute atomic E-state index is 13.4. The molecule has 0 aromatic carbocycles. The number of nitrogens with one attached hydrogen (secondary N) is 5. The zero-order valence-corrected chi connectivity index (χ0v) is 70.8. The van der Waals surface area contributed by atoms with Gasteiger partial charge in [-0.25, -0.2) is 4.79 Å². The molecule has 0 aliphatic carbocycles. The van der Waals surface area contributed by atoms with Gasteiger partial charge in [0.05, 0.1) is 78.2 Å². The van der Waals surface area contributed by atoms with Crippen molar-refractivity contribution in [2.75, 3.05) is 66.1 Å². The van der Waals surface area contributed by atoms with Crippen molar-refractivity contribution < 1.29 is 267 Å². The highest BCUT2D eigenvalue weighted by Crippen LogP contribution is 2.43. The van der Waals surface area contributed by atoms with Gasteiger partial charge in [-0.1, -0.05) is 0 Å². The van der Waals surface area contributed by atoms with Gasteiger partial charge in [0.15, 0.2) is 56.6 Å². The van der Waals surface area contributed by atoms with E-state index in [2.05, 4.69) is 26.6 Å². The number of rotatable bonds is 36. The van der Waals surface area contributed by atoms with Crippen LogP contribution in [0.3, 0.4) is 0 Å². The van der Waals surface area contributed by atoms with Gasteiger partial charge >= 0.3 is 5.97 Å². The van der Waals surface area contributed by atoms with E-state index in [1.54, 1.807) is 0 Å². The third-order valence-corrected chi connectivity index (χ3v) is 23.8. The molecule has 34 N–H and O–H groups in total. The quantitative estimate of drug-likeness (QED) is 0.0277. The molecule has 10 rings (SSSR count). The monoisotopic (exact) mass is 1930 g/mol. The van der Waals surface area contributed by atoms with Gasteiger partial charge in [-0.2, -0.15) is 0 Å². The topological polar surface area (TPSA) is 925 Å². The molecule has 59 nitrogen and oxygen atoms in total. The number of hydrogen-bond acceptors (Lipinski definition) is 53. The molecule has 132 heavy (non-hydrogen) atoms. The number of carboxylic acids is 1. The molecule has 10 saturated heterocycles. The van der Waals surface area contributed by atoms with E-state index < -0.39 is 420 Å². The van der Waals surface area contributed by atoms with Crippen molar-refractivity contribution in [1.29, 1.82) is 0 Å². The number of ether oxygens (including phenoxy) is 19. The summed E-state index contributed by atoms with van der Waals surface area (Å²) in [7, 11) is 0. The van der Waals surface area contributed by atoms with Crippen molar-refractivity contribution in [3.8, 4) is 0 Å². The van der Waals surface area contributed by atoms with E-state index in [4.69, 9.17) is 90.0 Å². The predicted octanol–water partition coefficient (Wildman–Crippen LogP) is -22.9. The fourth-order valence-electron chi connectivity index (χ4n) is 17.1. The number of carboxylic acid groups (broad SMARTS) is 1. The van der Waals surface area contributed by atoms with Crippen LogP contribution < -0.4 is 26.6 Å². The molecule has 0 radical (unpaired) electrons. The number of aliphatic hydroxyl groups excluding tert-OH is 28. The standard InChI is InChI=1S/C73H121N5O54/c1-17(88)74-33-22(93)6-73(72(112)113,131-58(33)38(95)23(94)7-79)132-60-43(100)28(12-84)119-69(52(60)109)125-55-31(15-87)122-66(37(47(55)104)78-21(5)92)130-62-49(106)41(98)26(10-82)120-71(62)129-61-53(110)70(126-56-30(14-86)121-65(36(46(56)103)77-20(4)91)124-54-29(13-85)115-63(111)34(45(54)102)75-18(2)89)123-32(57(61)127-64-35(76-19(3)90)44(101)39(96)24(8-80)116-64)16-114-67-51(108)59(42(99)27(11-83)117-67)128-68-50(107)48(105)40(97)25(9-81)118-68/h22-71,79-87,93-111H,6-16H2,1-5H3,(H,74,88)(H,75,89)(H,76,90)(H,77,91)(H,78,92)(H,112,113)/t22-,23+,24+,25+,26+,27+,28+,29+,30+,31+,32+,33+,34+,35+,36+,37+,38+,39+,40+,41+,42+,43-,44+,45+,46+,47+,48-,49-,50-,51-,52+,53-,54+,55+,56+,57+,58+,59-,60-,61+,62-,63?,64-,65-,66-,67-,68+,69-,70-,71+,73-/m0/s1. The summed E-state index contributed by atoms with van der Waals surface area (Å²) >= 11 is 0. The van der Waals surface area contributed by atoms with Crippen LogP contribution in [-0.4, -0.2) is 562 Å². The van der Waals surface area contributed by atoms with Gasteiger partial charge in [-0.3, -0.25) is 24.0 Å². The van der Waals surface area contributed by atoms with Crippen LogP contribution in [0.1, 0.15) is 41.0 Å². The van der Waals surface area contributed by atoms with Crippen molar-refractivity contribution in [1.82, 2.24) is 26.6 Å². The normalized spacial score (nSPS) is 47.2. The van der Waals surface area contributed by atoms with E-state index in [-0.39, 0.29) is 0 Å². The summed E-state index contributed by atoms with van der Waals surface area (Å²) in [5.41, 5.74) is 0. The third-order valence-electron chi connectivity index (χ3n) is 23.8. The van der Waals surface area contributed by atoms with E-state index in [1.807, 2.05) is 0 Å². The number of aliphatic hydroxyl groups is 28. The van der Waals surface area contributed by atoms with Crippen LogP contribution in [0, 0.1) is 0 Å². The Labute approximate surface area is 746 Å². The Morgan fingerprint density at radius 3 is 1.10 bits per heavy atom. The molecule has 0 spiro atoms. The number of carbonyl (C=O) groups is 6. The van der Waals surface area contributed by atoms with Crippen LogP contribution in [0.5, 0.6) is 0 Å². The molecular weight excluding hydrogens is 1810 g/mol. The molecule has 0 saturated carbocycles. The molecule has 51 atom stereocenters. The Balaban J connectivity index is 1.05. The maximum atomic E-state index is 13.4. The lowest BCUT2D eigenvalue weighted by Gasteiger charge is -2.52. The Morgan fingerprint density at radius 1 is 0.311 bits per heavy atom. The zero-order chi connectivity index (χ0) is 97.6. The van der Waals surface area contributed by atoms with Gasteiger partial charge in [0.1, 0.15) is 238 Å². The van der Waals surface area contributed by atoms with Crippen LogP contribution >= 0.6 is 0 Å². The summed E-state index contributed by atoms with van der Waals surface area (Å²) in [6.45, 7) is -7.75. The highest BCUT2D eigenvalue weighted by molar-refractivity contribution is 5.77. The molecule has 10 heterocycles. The molecule has 10 aliphatic heterocycles. The van der Waals surface area contributed by atoms with Crippen molar-refractivity contribution in [3.63, 3.8) is 0 Å². The van der Waals surface area contributed by atoms with Gasteiger partial charge in [-0.15, -0.1) is 0 Å². The van der Waals surface area contributed by atoms with Gasteiger partial charge in [0, 0.05) is 41.0 Å². The first-order chi connectivity index (χ1) is 62.3. The number of hydrogen-bond donors (Lipinski definition) is 34. The lowest BCUT2D eigenvalue weighted by Crippen LogP contribution is -2.72. The summed E-state index contributed by atoms with van der Waals surface area (Å²) in [5.74, 6) is -10.4. The molecule has 59 heteroatoms. The lowest BCUT2D eigenvalue weighted by molar-refractivity contribution is -0.409. The summed E-state index contributed by atoms with van der Waals surface area (Å²) in [4.78, 5) is 77.7. The molecule has 1 unspecified atom stereocenters. The predicted molar refractivity (Wildman–Crippen MR) is 405 cm³/mol. The second-order valence-corrected chi connectivity index (χ2v) is 33.1. The Bertz CT molecular complexity index is 3680. The number of carbonyl (C=O) groups excluding carboxylic acids is 5. The second-order valence-electron chi connectivity index (χ2n) is 33.1. The first kappa shape index (κ1) is 109. The summed E-state index contributed by atoms with van der Waals surface area (Å²) in [6.07, 6.45) is -103. The lowest BCUT2D eigenvalue weighted by atomic mass is 9.88. The first-order valence-electron chi connectivity index (χ1n) is 41.8. The SMILES string of the molecule is CC(=O)N[C@H]1[C@H](O[C@H]2[C@H](O)[C@@H](NC(C)=O)C(O)O[C@@H]2CO)O[C@H](CO)[C@@H](O[C@@H]2O[C@H](CO[C@H]3O[C@H](CO)[C@@H](O)[C@H](O[C@H]4O[C@H](CO)[C@@H](O)[C@H](O)[C@@H]4O)[C@@H]3O)[C@@H](O[C@@H]3O[C@H](CO)[C@@H](O)[C@H](O)[C@H]3NC(C)=O)[C@H](O[C@H]3O[C@H](CO)[C@@H](O)[C@H](O)[C@@H]3O[C@@H]3O[C@H](CO)[C@@H](O[C@@H]4O[C@H](CO)[C@H](O)[C@H](O[C@]5(C(=O)O)C[C@H](O)[C@@H](NC(C)=O)[C@H]([C@H](O)[C@H](O)CO)O5)[C@H]4O)[C@H](O)[C@H]3NC(C)=O)[C@@H]2O)[C@@H]1O. The number of amides is 5. The highest BCUT2D eigenvalue weighted by atomic mass is 16.8. The zero-order valence-electron chi connectivity index (χ0n) is 70.8. The molecule has 10 fully saturated rings. The number of aliphatic carboxylic acids is 1.